The first-order valence-corrected chi connectivity index (χ1v) is 9.95. The van der Waals surface area contributed by atoms with Crippen LogP contribution in [0.1, 0.15) is 22.3 Å². The molecule has 0 N–H and O–H groups in total. The molecule has 1 aliphatic rings. The zero-order valence-corrected chi connectivity index (χ0v) is 12.6. The molecule has 0 saturated carbocycles. The first-order chi connectivity index (χ1) is 8.11. The summed E-state index contributed by atoms with van der Waals surface area (Å²) >= 11 is -0.845. The van der Waals surface area contributed by atoms with Crippen molar-refractivity contribution in [2.75, 3.05) is 0 Å². The second-order valence-electron chi connectivity index (χ2n) is 4.50. The third-order valence-electron chi connectivity index (χ3n) is 2.89. The predicted molar refractivity (Wildman–Crippen MR) is 86.3 cm³/mol. The van der Waals surface area contributed by atoms with Crippen molar-refractivity contribution in [2.24, 2.45) is 0 Å². The second-order valence-corrected chi connectivity index (χ2v) is 8.77. The van der Waals surface area contributed by atoms with E-state index >= 15 is 0 Å². The van der Waals surface area contributed by atoms with Crippen LogP contribution in [0, 0.1) is 0 Å². The zero-order valence-electron chi connectivity index (χ0n) is 11.0. The summed E-state index contributed by atoms with van der Waals surface area (Å²) in [7, 11) is 0. The second kappa shape index (κ2) is 8.47. The average molecular weight is 293 g/mol. The fourth-order valence-electron chi connectivity index (χ4n) is 2.25. The van der Waals surface area contributed by atoms with Crippen LogP contribution in [0.25, 0.3) is 6.08 Å². The van der Waals surface area contributed by atoms with Crippen LogP contribution >= 0.6 is 0 Å². The van der Waals surface area contributed by atoms with Gasteiger partial charge in [0.05, 0.1) is 0 Å². The SMILES string of the molecule is C=CC=C.CC1=Cc2ccccc2[CH]1[Ti]([CH3])[CH3].[SiH4]. The standard InChI is InChI=1S/C10H9.C4H6.2CH3.H4Si.Ti/c1-8-6-9-4-2-3-5-10(9)7-8;1-3-4-2;;;;/h2-7H,1H3;3-4H,1-2H2;2*1H3;1H4;. The molecule has 0 radical (unpaired) electrons. The summed E-state index contributed by atoms with van der Waals surface area (Å²) in [6.07, 6.45) is 5.64. The van der Waals surface area contributed by atoms with E-state index in [2.05, 4.69) is 60.9 Å². The first-order valence-electron chi connectivity index (χ1n) is 5.92. The Hall–Kier alpha value is -0.629. The third kappa shape index (κ3) is 4.24. The quantitative estimate of drug-likeness (QED) is 0.575. The van der Waals surface area contributed by atoms with Gasteiger partial charge in [-0.15, -0.1) is 0 Å². The molecule has 97 valence electrons. The molecule has 1 atom stereocenters. The van der Waals surface area contributed by atoms with Crippen LogP contribution in [0.15, 0.2) is 55.1 Å². The van der Waals surface area contributed by atoms with E-state index in [4.69, 9.17) is 0 Å². The molecule has 0 fully saturated rings. The summed E-state index contributed by atoms with van der Waals surface area (Å²) in [5.41, 5.74) is 4.62. The Bertz CT molecular complexity index is 426. The summed E-state index contributed by atoms with van der Waals surface area (Å²) in [6.45, 7) is 9.00. The van der Waals surface area contributed by atoms with Gasteiger partial charge in [-0.2, -0.15) is 0 Å². The largest absolute Gasteiger partial charge is 0.0149 e. The monoisotopic (exact) mass is 293 g/mol. The van der Waals surface area contributed by atoms with Gasteiger partial charge < -0.3 is 0 Å². The molecule has 2 rings (SSSR count). The molecular weight excluding hydrogens is 268 g/mol. The molecule has 2 heteroatoms. The van der Waals surface area contributed by atoms with E-state index in [-0.39, 0.29) is 11.0 Å². The van der Waals surface area contributed by atoms with Crippen molar-refractivity contribution in [1.82, 2.24) is 0 Å². The van der Waals surface area contributed by atoms with Gasteiger partial charge in [0.2, 0.25) is 0 Å². The summed E-state index contributed by atoms with van der Waals surface area (Å²) < 4.78 is 0.816. The van der Waals surface area contributed by atoms with Crippen LogP contribution in [0.2, 0.25) is 10.5 Å². The van der Waals surface area contributed by atoms with Crippen LogP contribution < -0.4 is 0 Å². The van der Waals surface area contributed by atoms with Gasteiger partial charge in [-0.1, -0.05) is 25.3 Å². The summed E-state index contributed by atoms with van der Waals surface area (Å²) in [5.74, 6) is 0. The fraction of sp³-hybridized carbons (Fsp3) is 0.250. The van der Waals surface area contributed by atoms with E-state index in [1.165, 1.54) is 5.56 Å². The number of benzene rings is 1. The van der Waals surface area contributed by atoms with Gasteiger partial charge in [-0.25, -0.2) is 0 Å². The van der Waals surface area contributed by atoms with Crippen LogP contribution in [0.4, 0.5) is 0 Å². The van der Waals surface area contributed by atoms with Crippen molar-refractivity contribution in [3.05, 3.63) is 66.3 Å². The maximum Gasteiger partial charge on any atom is -0.0149 e. The molecule has 1 aromatic rings. The number of hydrogen-bond donors (Lipinski definition) is 0. The molecular formula is C16H25SiTi. The van der Waals surface area contributed by atoms with E-state index in [0.717, 1.165) is 4.22 Å². The fourth-order valence-corrected chi connectivity index (χ4v) is 5.18. The first kappa shape index (κ1) is 17.4. The van der Waals surface area contributed by atoms with Gasteiger partial charge in [-0.3, -0.25) is 0 Å². The van der Waals surface area contributed by atoms with Crippen molar-refractivity contribution in [3.63, 3.8) is 0 Å². The number of hydrogen-bond acceptors (Lipinski definition) is 0. The summed E-state index contributed by atoms with van der Waals surface area (Å²) in [5, 5.41) is 4.92. The maximum absolute atomic E-state index is 3.36. The Labute approximate surface area is 122 Å². The molecule has 1 aromatic carbocycles. The van der Waals surface area contributed by atoms with Gasteiger partial charge >= 0.3 is 86.5 Å². The molecule has 0 spiro atoms. The van der Waals surface area contributed by atoms with Crippen LogP contribution in [0.5, 0.6) is 0 Å². The van der Waals surface area contributed by atoms with E-state index in [1.807, 2.05) is 0 Å². The van der Waals surface area contributed by atoms with Gasteiger partial charge in [0.1, 0.15) is 0 Å². The molecule has 0 aromatic heterocycles. The summed E-state index contributed by atoms with van der Waals surface area (Å²) in [6, 6.07) is 8.84. The number of fused-ring (bicyclic) bond motifs is 1. The topological polar surface area (TPSA) is 0 Å². The minimum Gasteiger partial charge on any atom is -0.0149 e. The maximum atomic E-state index is 3.36. The molecule has 1 unspecified atom stereocenters. The van der Waals surface area contributed by atoms with E-state index in [0.29, 0.717) is 0 Å². The van der Waals surface area contributed by atoms with Crippen molar-refractivity contribution in [2.45, 2.75) is 21.6 Å². The summed E-state index contributed by atoms with van der Waals surface area (Å²) in [4.78, 5) is 0. The Morgan fingerprint density at radius 2 is 1.67 bits per heavy atom. The Morgan fingerprint density at radius 1 is 1.11 bits per heavy atom. The number of allylic oxidation sites excluding steroid dienone is 3. The Morgan fingerprint density at radius 3 is 2.17 bits per heavy atom. The molecule has 0 heterocycles. The van der Waals surface area contributed by atoms with Crippen LogP contribution in [-0.2, 0) is 17.9 Å². The molecule has 0 amide bonds. The number of rotatable bonds is 2. The van der Waals surface area contributed by atoms with Crippen molar-refractivity contribution >= 4 is 17.0 Å². The molecule has 0 bridgehead atoms. The molecule has 18 heavy (non-hydrogen) atoms. The molecule has 0 nitrogen and oxygen atoms in total. The van der Waals surface area contributed by atoms with Gasteiger partial charge in [0.25, 0.3) is 0 Å². The molecule has 1 aliphatic carbocycles. The smallest absolute Gasteiger partial charge is 0.0149 e. The van der Waals surface area contributed by atoms with E-state index in [1.54, 1.807) is 23.3 Å². The van der Waals surface area contributed by atoms with Crippen molar-refractivity contribution < 1.29 is 17.9 Å². The van der Waals surface area contributed by atoms with Crippen LogP contribution in [-0.4, -0.2) is 11.0 Å². The minimum atomic E-state index is -0.845. The Balaban J connectivity index is 0.000000512. The predicted octanol–water partition coefficient (Wildman–Crippen LogP) is 3.77. The molecule has 0 saturated heterocycles. The minimum absolute atomic E-state index is 0. The van der Waals surface area contributed by atoms with Gasteiger partial charge in [0.15, 0.2) is 0 Å². The normalized spacial score (nSPS) is 15.3. The molecule has 0 aliphatic heterocycles. The average Bonchev–Trinajstić information content (AvgIpc) is 2.65. The third-order valence-corrected chi connectivity index (χ3v) is 5.89. The zero-order chi connectivity index (χ0) is 12.8. The van der Waals surface area contributed by atoms with Crippen molar-refractivity contribution in [1.29, 1.82) is 0 Å². The van der Waals surface area contributed by atoms with Gasteiger partial charge in [0, 0.05) is 0 Å². The van der Waals surface area contributed by atoms with E-state index < -0.39 is 17.9 Å². The van der Waals surface area contributed by atoms with Crippen LogP contribution in [0.3, 0.4) is 0 Å². The van der Waals surface area contributed by atoms with Crippen molar-refractivity contribution in [3.8, 4) is 0 Å². The van der Waals surface area contributed by atoms with Gasteiger partial charge in [-0.05, 0) is 11.0 Å². The Kier molecular flexibility index (Phi) is 8.17. The van der Waals surface area contributed by atoms with E-state index in [9.17, 15) is 0 Å².